The lowest BCUT2D eigenvalue weighted by molar-refractivity contribution is 0.425. The minimum atomic E-state index is -1.56. The van der Waals surface area contributed by atoms with Gasteiger partial charge in [-0.1, -0.05) is 0 Å². The first kappa shape index (κ1) is 9.85. The normalized spacial score (nSPS) is 10.8. The largest absolute Gasteiger partial charge is 0.507 e. The number of thiol groups is 1. The molecule has 0 fully saturated rings. The van der Waals surface area contributed by atoms with E-state index in [9.17, 15) is 5.11 Å². The molecule has 72 valence electrons. The van der Waals surface area contributed by atoms with E-state index < -0.39 is 7.12 Å². The summed E-state index contributed by atoms with van der Waals surface area (Å²) in [7, 11) is -1.56. The van der Waals surface area contributed by atoms with Gasteiger partial charge < -0.3 is 15.2 Å². The number of hydrogen-bond donors (Lipinski definition) is 4. The van der Waals surface area contributed by atoms with Crippen molar-refractivity contribution in [3.05, 3.63) is 18.2 Å². The van der Waals surface area contributed by atoms with Crippen LogP contribution in [-0.4, -0.2) is 22.3 Å². The zero-order chi connectivity index (χ0) is 10.3. The van der Waals surface area contributed by atoms with Gasteiger partial charge in [0.25, 0.3) is 0 Å². The summed E-state index contributed by atoms with van der Waals surface area (Å²) in [6.45, 7) is 0. The predicted molar refractivity (Wildman–Crippen MR) is 60.6 cm³/mol. The highest BCUT2D eigenvalue weighted by molar-refractivity contribution is 7.83. The molecule has 0 spiro atoms. The van der Waals surface area contributed by atoms with Crippen LogP contribution in [0.1, 0.15) is 0 Å². The highest BCUT2D eigenvalue weighted by Gasteiger charge is 2.14. The summed E-state index contributed by atoms with van der Waals surface area (Å²) in [6.07, 6.45) is 0. The molecule has 0 unspecified atom stereocenters. The Morgan fingerprint density at radius 1 is 1.21 bits per heavy atom. The van der Waals surface area contributed by atoms with Crippen LogP contribution < -0.4 is 5.46 Å². The van der Waals surface area contributed by atoms with Crippen molar-refractivity contribution in [3.63, 3.8) is 0 Å². The molecule has 14 heavy (non-hydrogen) atoms. The van der Waals surface area contributed by atoms with Gasteiger partial charge in [-0.05, 0) is 23.7 Å². The van der Waals surface area contributed by atoms with Crippen LogP contribution in [0, 0.1) is 0 Å². The monoisotopic (exact) mass is 226 g/mol. The fourth-order valence-electron chi connectivity index (χ4n) is 1.28. The molecule has 2 rings (SSSR count). The Hall–Kier alpha value is -0.685. The van der Waals surface area contributed by atoms with Crippen molar-refractivity contribution in [2.75, 3.05) is 0 Å². The Morgan fingerprint density at radius 2 is 1.93 bits per heavy atom. The number of fused-ring (bicyclic) bond motifs is 1. The molecule has 0 aliphatic heterocycles. The van der Waals surface area contributed by atoms with E-state index in [4.69, 9.17) is 10.0 Å². The van der Waals surface area contributed by atoms with Gasteiger partial charge in [0.1, 0.15) is 5.75 Å². The molecule has 2 aromatic rings. The third-order valence-corrected chi connectivity index (χ3v) is 3.21. The summed E-state index contributed by atoms with van der Waals surface area (Å²) in [6, 6.07) is 4.71. The topological polar surface area (TPSA) is 60.7 Å². The van der Waals surface area contributed by atoms with Gasteiger partial charge in [0.2, 0.25) is 0 Å². The first-order valence-corrected chi connectivity index (χ1v) is 5.16. The molecule has 1 aromatic carbocycles. The Balaban J connectivity index is 2.71. The Bertz CT molecular complexity index is 481. The average molecular weight is 226 g/mol. The van der Waals surface area contributed by atoms with Gasteiger partial charge in [-0.25, -0.2) is 0 Å². The van der Waals surface area contributed by atoms with E-state index in [1.165, 1.54) is 17.4 Å². The van der Waals surface area contributed by atoms with Gasteiger partial charge in [0, 0.05) is 10.1 Å². The van der Waals surface area contributed by atoms with Crippen LogP contribution in [0.3, 0.4) is 0 Å². The van der Waals surface area contributed by atoms with E-state index >= 15 is 0 Å². The molecule has 0 aliphatic carbocycles. The molecule has 6 heteroatoms. The number of phenols is 1. The maximum Gasteiger partial charge on any atom is 0.488 e. The molecule has 0 bridgehead atoms. The van der Waals surface area contributed by atoms with Gasteiger partial charge in [-0.2, -0.15) is 0 Å². The van der Waals surface area contributed by atoms with E-state index in [0.29, 0.717) is 5.39 Å². The molecular weight excluding hydrogens is 219 g/mol. The highest BCUT2D eigenvalue weighted by atomic mass is 32.2. The van der Waals surface area contributed by atoms with Gasteiger partial charge in [-0.15, -0.1) is 24.0 Å². The van der Waals surface area contributed by atoms with Gasteiger partial charge in [-0.3, -0.25) is 0 Å². The van der Waals surface area contributed by atoms with Crippen molar-refractivity contribution in [2.45, 2.75) is 4.21 Å². The van der Waals surface area contributed by atoms with Gasteiger partial charge >= 0.3 is 7.12 Å². The van der Waals surface area contributed by atoms with E-state index in [1.54, 1.807) is 12.1 Å². The number of aromatic hydroxyl groups is 1. The van der Waals surface area contributed by atoms with E-state index in [0.717, 1.165) is 8.91 Å². The van der Waals surface area contributed by atoms with Crippen LogP contribution in [0.2, 0.25) is 0 Å². The summed E-state index contributed by atoms with van der Waals surface area (Å²) in [5.74, 6) is 0.0437. The lowest BCUT2D eigenvalue weighted by Gasteiger charge is -2.01. The standard InChI is InChI=1S/C8H7BO3S2/c10-6-1-4(9(11)12)2-7-5(6)3-8(13)14-7/h1-3,10-13H. The van der Waals surface area contributed by atoms with Crippen LogP contribution in [0.25, 0.3) is 10.1 Å². The summed E-state index contributed by atoms with van der Waals surface area (Å²) >= 11 is 5.54. The maximum absolute atomic E-state index is 9.56. The number of thiophene rings is 1. The molecule has 0 aliphatic rings. The molecule has 0 atom stereocenters. The van der Waals surface area contributed by atoms with Crippen molar-refractivity contribution in [1.82, 2.24) is 0 Å². The fraction of sp³-hybridized carbons (Fsp3) is 0. The van der Waals surface area contributed by atoms with E-state index in [2.05, 4.69) is 12.6 Å². The van der Waals surface area contributed by atoms with Crippen LogP contribution in [0.4, 0.5) is 0 Å². The molecule has 0 radical (unpaired) electrons. The van der Waals surface area contributed by atoms with Crippen LogP contribution in [0.5, 0.6) is 5.75 Å². The molecule has 0 amide bonds. The number of rotatable bonds is 1. The van der Waals surface area contributed by atoms with Crippen molar-refractivity contribution in [3.8, 4) is 5.75 Å². The Morgan fingerprint density at radius 3 is 2.57 bits per heavy atom. The fourth-order valence-corrected chi connectivity index (χ4v) is 2.57. The van der Waals surface area contributed by atoms with Crippen LogP contribution in [-0.2, 0) is 0 Å². The van der Waals surface area contributed by atoms with Crippen molar-refractivity contribution in [2.24, 2.45) is 0 Å². The molecule has 1 aromatic heterocycles. The zero-order valence-corrected chi connectivity index (χ0v) is 8.72. The van der Waals surface area contributed by atoms with Crippen molar-refractivity contribution < 1.29 is 15.2 Å². The van der Waals surface area contributed by atoms with E-state index in [1.807, 2.05) is 0 Å². The highest BCUT2D eigenvalue weighted by Crippen LogP contribution is 2.32. The van der Waals surface area contributed by atoms with Crippen LogP contribution >= 0.6 is 24.0 Å². The Labute approximate surface area is 90.2 Å². The third kappa shape index (κ3) is 1.61. The molecule has 3 nitrogen and oxygen atoms in total. The Kier molecular flexibility index (Phi) is 2.44. The SMILES string of the molecule is OB(O)c1cc(O)c2cc(S)sc2c1. The van der Waals surface area contributed by atoms with Crippen molar-refractivity contribution in [1.29, 1.82) is 0 Å². The second kappa shape index (κ2) is 3.47. The minimum Gasteiger partial charge on any atom is -0.507 e. The lowest BCUT2D eigenvalue weighted by Crippen LogP contribution is -2.29. The number of phenolic OH excluding ortho intramolecular Hbond substituents is 1. The second-order valence-electron chi connectivity index (χ2n) is 2.91. The quantitative estimate of drug-likeness (QED) is 0.425. The van der Waals surface area contributed by atoms with Crippen molar-refractivity contribution >= 4 is 46.6 Å². The number of hydrogen-bond acceptors (Lipinski definition) is 5. The molecule has 1 heterocycles. The van der Waals surface area contributed by atoms with Gasteiger partial charge in [0.05, 0.1) is 4.21 Å². The summed E-state index contributed by atoms with van der Waals surface area (Å²) in [5.41, 5.74) is 0.283. The average Bonchev–Trinajstić information content (AvgIpc) is 2.45. The summed E-state index contributed by atoms with van der Waals surface area (Å²) in [5, 5.41) is 28.1. The molecular formula is C8H7BO3S2. The predicted octanol–water partition coefficient (Wildman–Crippen LogP) is 0.575. The molecule has 0 saturated heterocycles. The smallest absolute Gasteiger partial charge is 0.488 e. The maximum atomic E-state index is 9.56. The summed E-state index contributed by atoms with van der Waals surface area (Å²) in [4.78, 5) is 0. The van der Waals surface area contributed by atoms with Crippen LogP contribution in [0.15, 0.2) is 22.4 Å². The summed E-state index contributed by atoms with van der Waals surface area (Å²) < 4.78 is 1.57. The second-order valence-corrected chi connectivity index (χ2v) is 4.78. The lowest BCUT2D eigenvalue weighted by atomic mass is 9.80. The molecule has 0 saturated carbocycles. The van der Waals surface area contributed by atoms with Gasteiger partial charge in [0.15, 0.2) is 0 Å². The first-order valence-electron chi connectivity index (χ1n) is 3.89. The third-order valence-electron chi connectivity index (χ3n) is 1.92. The first-order chi connectivity index (χ1) is 6.58. The minimum absolute atomic E-state index is 0.0437. The van der Waals surface area contributed by atoms with E-state index in [-0.39, 0.29) is 11.2 Å². The number of benzene rings is 1. The zero-order valence-electron chi connectivity index (χ0n) is 7.01. The molecule has 3 N–H and O–H groups in total.